The maximum Gasteiger partial charge on any atom is 0.0970 e. The minimum atomic E-state index is 0.414. The van der Waals surface area contributed by atoms with Crippen LogP contribution in [0, 0.1) is 24.7 Å². The second kappa shape index (κ2) is 7.36. The molecule has 0 radical (unpaired) electrons. The standard InChI is InChI=1S/C28H28N2/c1-17-10-8-9-13-22(17)26-19(3)20(4)30-28-24(26)15-14-23-25(16-18(2)29-27(23)28)21-11-6-5-7-12-21/h5-17,19,22,26H,1-4H3. The number of aromatic nitrogens is 1. The van der Waals surface area contributed by atoms with E-state index in [9.17, 15) is 0 Å². The third-order valence-electron chi connectivity index (χ3n) is 6.92. The van der Waals surface area contributed by atoms with Crippen molar-refractivity contribution in [3.8, 4) is 11.1 Å². The fraction of sp³-hybridized carbons (Fsp3) is 0.286. The summed E-state index contributed by atoms with van der Waals surface area (Å²) in [6.45, 7) is 8.92. The Morgan fingerprint density at radius 2 is 1.63 bits per heavy atom. The summed E-state index contributed by atoms with van der Waals surface area (Å²) < 4.78 is 0. The smallest absolute Gasteiger partial charge is 0.0970 e. The Labute approximate surface area is 179 Å². The molecular weight excluding hydrogens is 364 g/mol. The Bertz CT molecular complexity index is 1200. The van der Waals surface area contributed by atoms with Crippen molar-refractivity contribution >= 4 is 22.3 Å². The van der Waals surface area contributed by atoms with Gasteiger partial charge in [0.05, 0.1) is 11.2 Å². The zero-order valence-corrected chi connectivity index (χ0v) is 18.1. The first-order chi connectivity index (χ1) is 14.5. The highest BCUT2D eigenvalue weighted by Crippen LogP contribution is 2.49. The largest absolute Gasteiger partial charge is 0.255 e. The summed E-state index contributed by atoms with van der Waals surface area (Å²) in [4.78, 5) is 10.1. The summed E-state index contributed by atoms with van der Waals surface area (Å²) in [5, 5.41) is 1.18. The summed E-state index contributed by atoms with van der Waals surface area (Å²) in [5.74, 6) is 1.82. The van der Waals surface area contributed by atoms with Crippen molar-refractivity contribution in [2.24, 2.45) is 22.7 Å². The number of allylic oxidation sites excluding steroid dienone is 4. The minimum Gasteiger partial charge on any atom is -0.255 e. The van der Waals surface area contributed by atoms with Crippen LogP contribution in [0.25, 0.3) is 22.0 Å². The van der Waals surface area contributed by atoms with Crippen molar-refractivity contribution in [2.45, 2.75) is 33.6 Å². The lowest BCUT2D eigenvalue weighted by atomic mass is 9.68. The molecule has 150 valence electrons. The zero-order valence-electron chi connectivity index (χ0n) is 18.1. The molecule has 3 aromatic rings. The van der Waals surface area contributed by atoms with Crippen LogP contribution in [0.15, 0.2) is 77.8 Å². The molecule has 1 aliphatic carbocycles. The van der Waals surface area contributed by atoms with Gasteiger partial charge in [-0.3, -0.25) is 9.98 Å². The highest BCUT2D eigenvalue weighted by molar-refractivity contribution is 6.04. The third-order valence-corrected chi connectivity index (χ3v) is 6.92. The van der Waals surface area contributed by atoms with Crippen LogP contribution in [0.5, 0.6) is 0 Å². The Hall–Kier alpha value is -3.00. The number of hydrogen-bond donors (Lipinski definition) is 0. The maximum atomic E-state index is 5.11. The van der Waals surface area contributed by atoms with Crippen LogP contribution < -0.4 is 0 Å². The van der Waals surface area contributed by atoms with Gasteiger partial charge in [-0.1, -0.05) is 80.6 Å². The van der Waals surface area contributed by atoms with Gasteiger partial charge >= 0.3 is 0 Å². The Morgan fingerprint density at radius 3 is 2.40 bits per heavy atom. The molecule has 2 nitrogen and oxygen atoms in total. The molecule has 0 N–H and O–H groups in total. The zero-order chi connectivity index (χ0) is 20.8. The van der Waals surface area contributed by atoms with Gasteiger partial charge in [0, 0.05) is 28.6 Å². The van der Waals surface area contributed by atoms with E-state index >= 15 is 0 Å². The Balaban J connectivity index is 1.76. The van der Waals surface area contributed by atoms with Crippen LogP contribution in [-0.2, 0) is 0 Å². The van der Waals surface area contributed by atoms with E-state index in [0.717, 1.165) is 16.9 Å². The van der Waals surface area contributed by atoms with Gasteiger partial charge < -0.3 is 0 Å². The number of nitrogens with zero attached hydrogens (tertiary/aromatic N) is 2. The maximum absolute atomic E-state index is 5.11. The van der Waals surface area contributed by atoms with Gasteiger partial charge in [0.2, 0.25) is 0 Å². The minimum absolute atomic E-state index is 0.414. The normalized spacial score (nSPS) is 25.3. The molecule has 2 aromatic carbocycles. The van der Waals surface area contributed by atoms with Gasteiger partial charge in [0.25, 0.3) is 0 Å². The summed E-state index contributed by atoms with van der Waals surface area (Å²) in [6, 6.07) is 17.4. The molecule has 2 aliphatic rings. The van der Waals surface area contributed by atoms with E-state index in [2.05, 4.69) is 101 Å². The first kappa shape index (κ1) is 19.0. The van der Waals surface area contributed by atoms with E-state index in [1.165, 1.54) is 27.8 Å². The van der Waals surface area contributed by atoms with Crippen molar-refractivity contribution in [3.05, 3.63) is 84.1 Å². The summed E-state index contributed by atoms with van der Waals surface area (Å²) >= 11 is 0. The molecule has 4 atom stereocenters. The highest BCUT2D eigenvalue weighted by Gasteiger charge is 2.36. The molecule has 0 saturated heterocycles. The lowest BCUT2D eigenvalue weighted by molar-refractivity contribution is 0.369. The second-order valence-corrected chi connectivity index (χ2v) is 8.85. The van der Waals surface area contributed by atoms with Gasteiger partial charge in [-0.2, -0.15) is 0 Å². The monoisotopic (exact) mass is 392 g/mol. The average molecular weight is 393 g/mol. The van der Waals surface area contributed by atoms with Gasteiger partial charge in [-0.05, 0) is 48.4 Å². The fourth-order valence-electron chi connectivity index (χ4n) is 5.19. The molecule has 0 spiro atoms. The quantitative estimate of drug-likeness (QED) is 0.445. The molecule has 0 fully saturated rings. The third kappa shape index (κ3) is 3.02. The number of aryl methyl sites for hydroxylation is 1. The Morgan fingerprint density at radius 1 is 0.867 bits per heavy atom. The van der Waals surface area contributed by atoms with Crippen LogP contribution in [0.3, 0.4) is 0 Å². The molecule has 1 aliphatic heterocycles. The number of benzene rings is 2. The molecule has 1 aromatic heterocycles. The van der Waals surface area contributed by atoms with Crippen LogP contribution in [0.1, 0.15) is 37.9 Å². The molecule has 2 heterocycles. The summed E-state index contributed by atoms with van der Waals surface area (Å²) in [6.07, 6.45) is 9.09. The fourth-order valence-corrected chi connectivity index (χ4v) is 5.19. The first-order valence-electron chi connectivity index (χ1n) is 10.9. The highest BCUT2D eigenvalue weighted by atomic mass is 14.8. The predicted octanol–water partition coefficient (Wildman–Crippen LogP) is 7.41. The lowest BCUT2D eigenvalue weighted by Gasteiger charge is -2.38. The van der Waals surface area contributed by atoms with Crippen LogP contribution >= 0.6 is 0 Å². The van der Waals surface area contributed by atoms with E-state index < -0.39 is 0 Å². The molecule has 4 unspecified atom stereocenters. The number of aliphatic imine (C=N–C) groups is 1. The second-order valence-electron chi connectivity index (χ2n) is 8.85. The van der Waals surface area contributed by atoms with Crippen molar-refractivity contribution in [2.75, 3.05) is 0 Å². The van der Waals surface area contributed by atoms with Crippen molar-refractivity contribution in [1.82, 2.24) is 4.98 Å². The summed E-state index contributed by atoms with van der Waals surface area (Å²) in [5.41, 5.74) is 8.15. The molecule has 2 heteroatoms. The molecule has 5 rings (SSSR count). The summed E-state index contributed by atoms with van der Waals surface area (Å²) in [7, 11) is 0. The van der Waals surface area contributed by atoms with Gasteiger partial charge in [-0.25, -0.2) is 0 Å². The van der Waals surface area contributed by atoms with Crippen molar-refractivity contribution in [1.29, 1.82) is 0 Å². The van der Waals surface area contributed by atoms with Crippen LogP contribution in [0.2, 0.25) is 0 Å². The molecule has 0 bridgehead atoms. The average Bonchev–Trinajstić information content (AvgIpc) is 2.76. The lowest BCUT2D eigenvalue weighted by Crippen LogP contribution is -2.30. The van der Waals surface area contributed by atoms with E-state index in [1.54, 1.807) is 0 Å². The first-order valence-corrected chi connectivity index (χ1v) is 10.9. The SMILES string of the molecule is CC1=Nc2c(ccc3c(-c4ccccc4)cc(C)nc23)C(C2C=CC=CC2C)C1C. The molecular formula is C28H28N2. The molecule has 0 amide bonds. The number of fused-ring (bicyclic) bond motifs is 3. The van der Waals surface area contributed by atoms with E-state index in [-0.39, 0.29) is 0 Å². The topological polar surface area (TPSA) is 25.2 Å². The van der Waals surface area contributed by atoms with Crippen LogP contribution in [0.4, 0.5) is 5.69 Å². The molecule has 30 heavy (non-hydrogen) atoms. The molecule has 0 saturated carbocycles. The van der Waals surface area contributed by atoms with Gasteiger partial charge in [-0.15, -0.1) is 0 Å². The van der Waals surface area contributed by atoms with Gasteiger partial charge in [0.1, 0.15) is 0 Å². The van der Waals surface area contributed by atoms with Crippen molar-refractivity contribution in [3.63, 3.8) is 0 Å². The van der Waals surface area contributed by atoms with E-state index in [0.29, 0.717) is 23.7 Å². The Kier molecular flexibility index (Phi) is 4.66. The van der Waals surface area contributed by atoms with Gasteiger partial charge in [0.15, 0.2) is 0 Å². The predicted molar refractivity (Wildman–Crippen MR) is 128 cm³/mol. The van der Waals surface area contributed by atoms with E-state index in [4.69, 9.17) is 9.98 Å². The van der Waals surface area contributed by atoms with Crippen LogP contribution in [-0.4, -0.2) is 10.7 Å². The van der Waals surface area contributed by atoms with E-state index in [1.807, 2.05) is 0 Å². The number of hydrogen-bond acceptors (Lipinski definition) is 2. The number of rotatable bonds is 2. The van der Waals surface area contributed by atoms with Crippen molar-refractivity contribution < 1.29 is 0 Å². The number of pyridine rings is 1.